The zero-order valence-electron chi connectivity index (χ0n) is 14.5. The Hall–Kier alpha value is -2.59. The quantitative estimate of drug-likeness (QED) is 0.730. The minimum atomic E-state index is -4.76. The SMILES string of the molecule is O=C(NCc1ccc(OC(F)(F)F)cc1)c1ccc(S(=O)(=O)NC2CC2)cc1. The summed E-state index contributed by atoms with van der Waals surface area (Å²) in [6.45, 7) is 0.0917. The molecule has 28 heavy (non-hydrogen) atoms. The maximum Gasteiger partial charge on any atom is 0.573 e. The van der Waals surface area contributed by atoms with E-state index >= 15 is 0 Å². The van der Waals surface area contributed by atoms with Crippen molar-refractivity contribution < 1.29 is 31.1 Å². The minimum Gasteiger partial charge on any atom is -0.406 e. The Bertz CT molecular complexity index is 938. The van der Waals surface area contributed by atoms with Crippen molar-refractivity contribution in [2.75, 3.05) is 0 Å². The van der Waals surface area contributed by atoms with Crippen LogP contribution in [-0.2, 0) is 16.6 Å². The Kier molecular flexibility index (Phi) is 5.61. The van der Waals surface area contributed by atoms with Crippen molar-refractivity contribution >= 4 is 15.9 Å². The minimum absolute atomic E-state index is 0.0131. The summed E-state index contributed by atoms with van der Waals surface area (Å²) >= 11 is 0. The van der Waals surface area contributed by atoms with Crippen LogP contribution in [0.15, 0.2) is 53.4 Å². The topological polar surface area (TPSA) is 84.5 Å². The monoisotopic (exact) mass is 414 g/mol. The molecule has 1 amide bonds. The second-order valence-corrected chi connectivity index (χ2v) is 8.01. The molecule has 10 heteroatoms. The van der Waals surface area contributed by atoms with Gasteiger partial charge in [-0.15, -0.1) is 13.2 Å². The Balaban J connectivity index is 1.56. The van der Waals surface area contributed by atoms with E-state index in [2.05, 4.69) is 14.8 Å². The van der Waals surface area contributed by atoms with E-state index < -0.39 is 22.3 Å². The summed E-state index contributed by atoms with van der Waals surface area (Å²) in [4.78, 5) is 12.3. The van der Waals surface area contributed by atoms with E-state index in [4.69, 9.17) is 0 Å². The van der Waals surface area contributed by atoms with Gasteiger partial charge in [-0.2, -0.15) is 0 Å². The lowest BCUT2D eigenvalue weighted by Crippen LogP contribution is -2.26. The number of halogens is 3. The number of hydrogen-bond donors (Lipinski definition) is 2. The van der Waals surface area contributed by atoms with Crippen molar-refractivity contribution in [3.63, 3.8) is 0 Å². The largest absolute Gasteiger partial charge is 0.573 e. The molecule has 150 valence electrons. The second kappa shape index (κ2) is 7.80. The van der Waals surface area contributed by atoms with Crippen molar-refractivity contribution in [1.82, 2.24) is 10.0 Å². The molecule has 0 bridgehead atoms. The number of sulfonamides is 1. The highest BCUT2D eigenvalue weighted by molar-refractivity contribution is 7.89. The highest BCUT2D eigenvalue weighted by Gasteiger charge is 2.31. The van der Waals surface area contributed by atoms with Gasteiger partial charge in [0.2, 0.25) is 10.0 Å². The number of benzene rings is 2. The number of alkyl halides is 3. The summed E-state index contributed by atoms with van der Waals surface area (Å²) in [5, 5.41) is 2.62. The summed E-state index contributed by atoms with van der Waals surface area (Å²) in [5.74, 6) is -0.783. The molecule has 0 saturated heterocycles. The van der Waals surface area contributed by atoms with E-state index in [9.17, 15) is 26.4 Å². The molecule has 0 spiro atoms. The first-order chi connectivity index (χ1) is 13.1. The molecule has 1 fully saturated rings. The molecule has 1 saturated carbocycles. The maximum absolute atomic E-state index is 12.2. The summed E-state index contributed by atoms with van der Waals surface area (Å²) in [7, 11) is -3.59. The average molecular weight is 414 g/mol. The van der Waals surface area contributed by atoms with Crippen molar-refractivity contribution in [3.05, 3.63) is 59.7 Å². The van der Waals surface area contributed by atoms with Crippen LogP contribution < -0.4 is 14.8 Å². The average Bonchev–Trinajstić information content (AvgIpc) is 3.43. The van der Waals surface area contributed by atoms with Crippen LogP contribution in [0.2, 0.25) is 0 Å². The molecule has 2 N–H and O–H groups in total. The van der Waals surface area contributed by atoms with E-state index in [-0.39, 0.29) is 28.8 Å². The van der Waals surface area contributed by atoms with Crippen LogP contribution in [0.4, 0.5) is 13.2 Å². The fourth-order valence-corrected chi connectivity index (χ4v) is 3.67. The second-order valence-electron chi connectivity index (χ2n) is 6.29. The predicted molar refractivity (Wildman–Crippen MR) is 94.1 cm³/mol. The molecule has 2 aromatic carbocycles. The van der Waals surface area contributed by atoms with Crippen LogP contribution in [0.1, 0.15) is 28.8 Å². The van der Waals surface area contributed by atoms with Gasteiger partial charge in [0.05, 0.1) is 4.90 Å². The van der Waals surface area contributed by atoms with Crippen molar-refractivity contribution in [3.8, 4) is 5.75 Å². The fraction of sp³-hybridized carbons (Fsp3) is 0.278. The van der Waals surface area contributed by atoms with Gasteiger partial charge >= 0.3 is 6.36 Å². The van der Waals surface area contributed by atoms with Crippen molar-refractivity contribution in [1.29, 1.82) is 0 Å². The van der Waals surface area contributed by atoms with Crippen LogP contribution in [0.3, 0.4) is 0 Å². The standard InChI is InChI=1S/C18H17F3N2O4S/c19-18(20,21)27-15-7-1-12(2-8-15)11-22-17(24)13-3-9-16(10-4-13)28(25,26)23-14-5-6-14/h1-4,7-10,14,23H,5-6,11H2,(H,22,24). The highest BCUT2D eigenvalue weighted by Crippen LogP contribution is 2.23. The lowest BCUT2D eigenvalue weighted by molar-refractivity contribution is -0.274. The van der Waals surface area contributed by atoms with Gasteiger partial charge in [0.1, 0.15) is 5.75 Å². The van der Waals surface area contributed by atoms with E-state index in [1.165, 1.54) is 36.4 Å². The molecule has 0 radical (unpaired) electrons. The van der Waals surface area contributed by atoms with E-state index in [1.54, 1.807) is 0 Å². The molecule has 0 unspecified atom stereocenters. The third-order valence-electron chi connectivity index (χ3n) is 3.94. The van der Waals surface area contributed by atoms with Crippen LogP contribution in [0.25, 0.3) is 0 Å². The van der Waals surface area contributed by atoms with Gasteiger partial charge in [-0.3, -0.25) is 4.79 Å². The maximum atomic E-state index is 12.2. The normalized spacial score (nSPS) is 14.5. The Morgan fingerprint density at radius 3 is 2.18 bits per heavy atom. The molecule has 0 aromatic heterocycles. The first-order valence-electron chi connectivity index (χ1n) is 8.38. The van der Waals surface area contributed by atoms with E-state index in [0.717, 1.165) is 25.0 Å². The molecule has 2 aromatic rings. The zero-order chi connectivity index (χ0) is 20.4. The molecule has 6 nitrogen and oxygen atoms in total. The van der Waals surface area contributed by atoms with Crippen molar-refractivity contribution in [2.45, 2.75) is 36.7 Å². The van der Waals surface area contributed by atoms with Gasteiger partial charge in [0.15, 0.2) is 0 Å². The third kappa shape index (κ3) is 5.70. The number of rotatable bonds is 7. The number of nitrogens with one attached hydrogen (secondary N) is 2. The molecular formula is C18H17F3N2O4S. The predicted octanol–water partition coefficient (Wildman–Crippen LogP) is 2.96. The summed E-state index contributed by atoms with van der Waals surface area (Å²) in [5.41, 5.74) is 0.845. The number of carbonyl (C=O) groups excluding carboxylic acids is 1. The smallest absolute Gasteiger partial charge is 0.406 e. The van der Waals surface area contributed by atoms with Gasteiger partial charge in [-0.05, 0) is 54.8 Å². The molecule has 1 aliphatic carbocycles. The van der Waals surface area contributed by atoms with E-state index in [0.29, 0.717) is 5.56 Å². The molecule has 1 aliphatic rings. The number of carbonyl (C=O) groups is 1. The molecule has 0 heterocycles. The first-order valence-corrected chi connectivity index (χ1v) is 9.86. The summed E-state index contributed by atoms with van der Waals surface area (Å²) in [6, 6.07) is 10.6. The van der Waals surface area contributed by atoms with E-state index in [1.807, 2.05) is 0 Å². The third-order valence-corrected chi connectivity index (χ3v) is 5.47. The lowest BCUT2D eigenvalue weighted by Gasteiger charge is -2.10. The lowest BCUT2D eigenvalue weighted by atomic mass is 10.2. The summed E-state index contributed by atoms with van der Waals surface area (Å²) in [6.07, 6.45) is -3.12. The first kappa shape index (κ1) is 20.2. The van der Waals surface area contributed by atoms with Gasteiger partial charge in [-0.1, -0.05) is 12.1 Å². The molecule has 0 aliphatic heterocycles. The highest BCUT2D eigenvalue weighted by atomic mass is 32.2. The number of amides is 1. The van der Waals surface area contributed by atoms with Gasteiger partial charge in [-0.25, -0.2) is 13.1 Å². The van der Waals surface area contributed by atoms with Crippen LogP contribution >= 0.6 is 0 Å². The number of ether oxygens (including phenoxy) is 1. The molecular weight excluding hydrogens is 397 g/mol. The van der Waals surface area contributed by atoms with Gasteiger partial charge < -0.3 is 10.1 Å². The Morgan fingerprint density at radius 1 is 1.04 bits per heavy atom. The summed E-state index contributed by atoms with van der Waals surface area (Å²) < 4.78 is 66.9. The molecule has 3 rings (SSSR count). The fourth-order valence-electron chi connectivity index (χ4n) is 2.37. The zero-order valence-corrected chi connectivity index (χ0v) is 15.3. The Labute approximate surface area is 159 Å². The van der Waals surface area contributed by atoms with Gasteiger partial charge in [0.25, 0.3) is 5.91 Å². The number of hydrogen-bond acceptors (Lipinski definition) is 4. The van der Waals surface area contributed by atoms with Crippen molar-refractivity contribution in [2.24, 2.45) is 0 Å². The van der Waals surface area contributed by atoms with Crippen LogP contribution in [-0.4, -0.2) is 26.7 Å². The van der Waals surface area contributed by atoms with Crippen LogP contribution in [0.5, 0.6) is 5.75 Å². The Morgan fingerprint density at radius 2 is 1.64 bits per heavy atom. The molecule has 0 atom stereocenters. The van der Waals surface area contributed by atoms with Crippen LogP contribution in [0, 0.1) is 0 Å². The van der Waals surface area contributed by atoms with Gasteiger partial charge in [0, 0.05) is 18.2 Å².